The standard InChI is InChI=1S/C21H15F6N3O2/c1-19(32,10-30-11-29-18-13(20(22,23)24)4-3-5-16(18)30)17(31)9-12-6-7-15(28-2)14(8-12)21(25,26)27/h3-8,11,32H,9-10H2,1H3/t19-/m0/s1. The fourth-order valence-corrected chi connectivity index (χ4v) is 3.26. The average molecular weight is 455 g/mol. The molecule has 168 valence electrons. The van der Waals surface area contributed by atoms with E-state index in [-0.39, 0.29) is 16.6 Å². The first-order valence-electron chi connectivity index (χ1n) is 9.08. The molecular weight excluding hydrogens is 440 g/mol. The monoisotopic (exact) mass is 455 g/mol. The van der Waals surface area contributed by atoms with Crippen molar-refractivity contribution in [2.75, 3.05) is 0 Å². The van der Waals surface area contributed by atoms with E-state index in [0.29, 0.717) is 6.07 Å². The molecule has 1 atom stereocenters. The van der Waals surface area contributed by atoms with E-state index in [9.17, 15) is 36.2 Å². The molecule has 1 aromatic heterocycles. The SMILES string of the molecule is [C-]#[N+]c1ccc(CC(=O)[C@@](C)(O)Cn2cnc3c(C(F)(F)F)cccc32)cc1C(F)(F)F. The van der Waals surface area contributed by atoms with Crippen molar-refractivity contribution in [2.24, 2.45) is 0 Å². The smallest absolute Gasteiger partial charge is 0.380 e. The minimum absolute atomic E-state index is 0.0358. The van der Waals surface area contributed by atoms with Gasteiger partial charge in [-0.3, -0.25) is 4.79 Å². The molecule has 0 amide bonds. The number of ketones is 1. The Morgan fingerprint density at radius 1 is 1.09 bits per heavy atom. The second kappa shape index (κ2) is 7.94. The molecule has 0 saturated carbocycles. The van der Waals surface area contributed by atoms with Crippen molar-refractivity contribution >= 4 is 22.5 Å². The highest BCUT2D eigenvalue weighted by atomic mass is 19.4. The number of nitrogens with zero attached hydrogens (tertiary/aromatic N) is 3. The topological polar surface area (TPSA) is 59.5 Å². The molecule has 0 bridgehead atoms. The molecule has 1 heterocycles. The fourth-order valence-electron chi connectivity index (χ4n) is 3.26. The van der Waals surface area contributed by atoms with Crippen molar-refractivity contribution in [2.45, 2.75) is 37.8 Å². The minimum Gasteiger partial charge on any atom is -0.380 e. The third-order valence-electron chi connectivity index (χ3n) is 4.89. The number of imidazole rings is 1. The Bertz CT molecular complexity index is 1220. The molecule has 0 fully saturated rings. The van der Waals surface area contributed by atoms with Crippen molar-refractivity contribution in [3.8, 4) is 0 Å². The molecule has 3 rings (SSSR count). The Hall–Kier alpha value is -3.39. The lowest BCUT2D eigenvalue weighted by atomic mass is 9.94. The van der Waals surface area contributed by atoms with Gasteiger partial charge in [0.2, 0.25) is 0 Å². The van der Waals surface area contributed by atoms with Gasteiger partial charge < -0.3 is 9.67 Å². The van der Waals surface area contributed by atoms with Crippen LogP contribution in [0, 0.1) is 6.57 Å². The molecule has 11 heteroatoms. The van der Waals surface area contributed by atoms with Crippen LogP contribution in [0.15, 0.2) is 42.7 Å². The molecule has 32 heavy (non-hydrogen) atoms. The summed E-state index contributed by atoms with van der Waals surface area (Å²) in [6.07, 6.45) is -8.97. The third-order valence-corrected chi connectivity index (χ3v) is 4.89. The summed E-state index contributed by atoms with van der Waals surface area (Å²) >= 11 is 0. The minimum atomic E-state index is -4.80. The van der Waals surface area contributed by atoms with Gasteiger partial charge in [0.1, 0.15) is 11.1 Å². The maximum absolute atomic E-state index is 13.2. The van der Waals surface area contributed by atoms with E-state index < -0.39 is 53.5 Å². The van der Waals surface area contributed by atoms with Crippen molar-refractivity contribution in [1.29, 1.82) is 0 Å². The summed E-state index contributed by atoms with van der Waals surface area (Å²) in [5, 5.41) is 10.6. The highest BCUT2D eigenvalue weighted by Crippen LogP contribution is 2.37. The Morgan fingerprint density at radius 3 is 2.34 bits per heavy atom. The van der Waals surface area contributed by atoms with Crippen LogP contribution in [0.3, 0.4) is 0 Å². The first-order valence-corrected chi connectivity index (χ1v) is 9.08. The van der Waals surface area contributed by atoms with Gasteiger partial charge in [-0.25, -0.2) is 9.83 Å². The number of para-hydroxylation sites is 1. The number of hydrogen-bond acceptors (Lipinski definition) is 3. The summed E-state index contributed by atoms with van der Waals surface area (Å²) < 4.78 is 80.0. The predicted octanol–water partition coefficient (Wildman–Crippen LogP) is 5.19. The number of carbonyl (C=O) groups is 1. The van der Waals surface area contributed by atoms with Gasteiger partial charge in [-0.05, 0) is 24.6 Å². The second-order valence-corrected chi connectivity index (χ2v) is 7.38. The lowest BCUT2D eigenvalue weighted by Crippen LogP contribution is -2.40. The number of Topliss-reactive ketones (excluding diaryl/α,β-unsaturated/α-hetero) is 1. The van der Waals surface area contributed by atoms with Gasteiger partial charge in [-0.2, -0.15) is 26.3 Å². The van der Waals surface area contributed by atoms with Gasteiger partial charge in [-0.15, -0.1) is 0 Å². The first kappa shape index (κ1) is 23.3. The summed E-state index contributed by atoms with van der Waals surface area (Å²) in [5.41, 5.74) is -5.28. The van der Waals surface area contributed by atoms with Crippen LogP contribution < -0.4 is 0 Å². The van der Waals surface area contributed by atoms with Crippen LogP contribution in [-0.2, 0) is 30.1 Å². The van der Waals surface area contributed by atoms with Crippen LogP contribution in [0.1, 0.15) is 23.6 Å². The number of benzene rings is 2. The number of carbonyl (C=O) groups excluding carboxylic acids is 1. The van der Waals surface area contributed by atoms with Crippen molar-refractivity contribution in [1.82, 2.24) is 9.55 Å². The van der Waals surface area contributed by atoms with E-state index in [0.717, 1.165) is 31.5 Å². The summed E-state index contributed by atoms with van der Waals surface area (Å²) in [4.78, 5) is 19.2. The Balaban J connectivity index is 1.87. The third kappa shape index (κ3) is 4.60. The van der Waals surface area contributed by atoms with Gasteiger partial charge in [0.05, 0.1) is 36.1 Å². The molecule has 0 unspecified atom stereocenters. The molecule has 0 radical (unpaired) electrons. The van der Waals surface area contributed by atoms with E-state index >= 15 is 0 Å². The van der Waals surface area contributed by atoms with Gasteiger partial charge in [0, 0.05) is 6.42 Å². The number of alkyl halides is 6. The Morgan fingerprint density at radius 2 is 1.75 bits per heavy atom. The van der Waals surface area contributed by atoms with Crippen LogP contribution >= 0.6 is 0 Å². The number of aliphatic hydroxyl groups is 1. The Labute approximate surface area is 177 Å². The number of aromatic nitrogens is 2. The summed E-state index contributed by atoms with van der Waals surface area (Å²) in [6, 6.07) is 6.15. The van der Waals surface area contributed by atoms with Gasteiger partial charge in [0.15, 0.2) is 11.5 Å². The normalized spacial score (nSPS) is 14.2. The van der Waals surface area contributed by atoms with E-state index in [2.05, 4.69) is 9.83 Å². The summed E-state index contributed by atoms with van der Waals surface area (Å²) in [7, 11) is 0. The van der Waals surface area contributed by atoms with Crippen LogP contribution in [0.2, 0.25) is 0 Å². The zero-order valence-electron chi connectivity index (χ0n) is 16.4. The molecule has 0 aliphatic carbocycles. The summed E-state index contributed by atoms with van der Waals surface area (Å²) in [6.45, 7) is 7.50. The molecule has 0 aliphatic rings. The number of halogens is 6. The molecule has 5 nitrogen and oxygen atoms in total. The molecule has 0 spiro atoms. The second-order valence-electron chi connectivity index (χ2n) is 7.38. The van der Waals surface area contributed by atoms with Crippen LogP contribution in [0.25, 0.3) is 15.9 Å². The van der Waals surface area contributed by atoms with Crippen LogP contribution in [-0.4, -0.2) is 26.0 Å². The predicted molar refractivity (Wildman–Crippen MR) is 102 cm³/mol. The lowest BCUT2D eigenvalue weighted by Gasteiger charge is -2.23. The van der Waals surface area contributed by atoms with Gasteiger partial charge in [0.25, 0.3) is 0 Å². The molecule has 0 saturated heterocycles. The number of rotatable bonds is 5. The average Bonchev–Trinajstić information content (AvgIpc) is 3.08. The zero-order chi connectivity index (χ0) is 23.9. The zero-order valence-corrected chi connectivity index (χ0v) is 16.4. The highest BCUT2D eigenvalue weighted by molar-refractivity contribution is 5.89. The molecule has 1 N–H and O–H groups in total. The van der Waals surface area contributed by atoms with E-state index in [4.69, 9.17) is 6.57 Å². The maximum atomic E-state index is 13.2. The van der Waals surface area contributed by atoms with E-state index in [1.807, 2.05) is 0 Å². The molecule has 3 aromatic rings. The lowest BCUT2D eigenvalue weighted by molar-refractivity contribution is -0.138. The van der Waals surface area contributed by atoms with Crippen molar-refractivity contribution in [3.05, 3.63) is 70.8 Å². The quantitative estimate of drug-likeness (QED) is 0.426. The van der Waals surface area contributed by atoms with Gasteiger partial charge in [-0.1, -0.05) is 24.3 Å². The first-order chi connectivity index (χ1) is 14.7. The van der Waals surface area contributed by atoms with Crippen LogP contribution in [0.4, 0.5) is 32.0 Å². The van der Waals surface area contributed by atoms with Crippen molar-refractivity contribution < 1.29 is 36.2 Å². The molecular formula is C21H15F6N3O2. The number of hydrogen-bond donors (Lipinski definition) is 1. The summed E-state index contributed by atoms with van der Waals surface area (Å²) in [5.74, 6) is -0.852. The van der Waals surface area contributed by atoms with Crippen molar-refractivity contribution in [3.63, 3.8) is 0 Å². The Kier molecular flexibility index (Phi) is 5.78. The maximum Gasteiger partial charge on any atom is 0.418 e. The van der Waals surface area contributed by atoms with Crippen LogP contribution in [0.5, 0.6) is 0 Å². The highest BCUT2D eigenvalue weighted by Gasteiger charge is 2.36. The van der Waals surface area contributed by atoms with E-state index in [1.54, 1.807) is 0 Å². The largest absolute Gasteiger partial charge is 0.418 e. The molecule has 0 aliphatic heterocycles. The fraction of sp³-hybridized carbons (Fsp3) is 0.286. The van der Waals surface area contributed by atoms with Gasteiger partial charge >= 0.3 is 12.4 Å². The number of fused-ring (bicyclic) bond motifs is 1. The molecule has 2 aromatic carbocycles. The van der Waals surface area contributed by atoms with E-state index in [1.165, 1.54) is 16.7 Å².